The van der Waals surface area contributed by atoms with Gasteiger partial charge in [0.2, 0.25) is 11.8 Å². The zero-order chi connectivity index (χ0) is 25.6. The van der Waals surface area contributed by atoms with Gasteiger partial charge in [0.1, 0.15) is 11.6 Å². The minimum Gasteiger partial charge on any atom is -0.396 e. The predicted octanol–water partition coefficient (Wildman–Crippen LogP) is 1.98. The third-order valence-electron chi connectivity index (χ3n) is 8.00. The molecule has 3 amide bonds. The van der Waals surface area contributed by atoms with Crippen LogP contribution in [-0.2, 0) is 19.1 Å². The van der Waals surface area contributed by atoms with Crippen LogP contribution in [0.3, 0.4) is 0 Å². The zero-order valence-corrected chi connectivity index (χ0v) is 21.2. The molecule has 2 saturated heterocycles. The molecular formula is C28H35N3O5. The first kappa shape index (κ1) is 24.7. The molecule has 5 atom stereocenters. The van der Waals surface area contributed by atoms with Crippen LogP contribution in [0.2, 0.25) is 0 Å². The summed E-state index contributed by atoms with van der Waals surface area (Å²) in [4.78, 5) is 47.2. The van der Waals surface area contributed by atoms with Crippen molar-refractivity contribution >= 4 is 23.4 Å². The quantitative estimate of drug-likeness (QED) is 0.612. The van der Waals surface area contributed by atoms with E-state index in [1.54, 1.807) is 14.7 Å². The van der Waals surface area contributed by atoms with Crippen molar-refractivity contribution in [3.05, 3.63) is 53.6 Å². The number of benzene rings is 1. The van der Waals surface area contributed by atoms with E-state index in [-0.39, 0.29) is 30.9 Å². The summed E-state index contributed by atoms with van der Waals surface area (Å²) >= 11 is 0. The van der Waals surface area contributed by atoms with Gasteiger partial charge in [-0.15, -0.1) is 0 Å². The Hall–Kier alpha value is -2.97. The number of fused-ring (bicyclic) bond motifs is 2. The van der Waals surface area contributed by atoms with Gasteiger partial charge in [-0.25, -0.2) is 0 Å². The van der Waals surface area contributed by atoms with Gasteiger partial charge >= 0.3 is 0 Å². The van der Waals surface area contributed by atoms with E-state index in [1.807, 2.05) is 63.3 Å². The number of aliphatic hydroxyl groups excluding tert-OH is 1. The fourth-order valence-electron chi connectivity index (χ4n) is 6.57. The Morgan fingerprint density at radius 2 is 1.78 bits per heavy atom. The Morgan fingerprint density at radius 1 is 1.03 bits per heavy atom. The summed E-state index contributed by atoms with van der Waals surface area (Å²) in [6.07, 6.45) is 8.18. The van der Waals surface area contributed by atoms with E-state index >= 15 is 0 Å². The number of rotatable bonds is 6. The molecule has 36 heavy (non-hydrogen) atoms. The third kappa shape index (κ3) is 3.61. The van der Waals surface area contributed by atoms with E-state index in [9.17, 15) is 19.5 Å². The van der Waals surface area contributed by atoms with E-state index in [4.69, 9.17) is 4.74 Å². The molecule has 1 aromatic carbocycles. The molecule has 4 aliphatic rings. The maximum absolute atomic E-state index is 14.3. The molecule has 0 aromatic heterocycles. The molecule has 1 N–H and O–H groups in total. The SMILES string of the molecule is CCCN1CC=C[C@H]2O[C@]34C=CCN(c5c(C)cccc5C)C(=O)C3N(CCCO)C(=O)[C@@H]4[C@H]2C1=O. The first-order chi connectivity index (χ1) is 17.4. The largest absolute Gasteiger partial charge is 0.396 e. The number of aryl methyl sites for hydroxylation is 2. The maximum atomic E-state index is 14.3. The smallest absolute Gasteiger partial charge is 0.253 e. The van der Waals surface area contributed by atoms with Gasteiger partial charge in [0.05, 0.1) is 17.9 Å². The predicted molar refractivity (Wildman–Crippen MR) is 135 cm³/mol. The van der Waals surface area contributed by atoms with Crippen molar-refractivity contribution in [3.8, 4) is 0 Å². The average molecular weight is 494 g/mol. The number of hydrogen-bond acceptors (Lipinski definition) is 5. The van der Waals surface area contributed by atoms with Crippen molar-refractivity contribution in [2.45, 2.75) is 51.4 Å². The second-order valence-corrected chi connectivity index (χ2v) is 10.3. The maximum Gasteiger partial charge on any atom is 0.253 e. The molecule has 8 nitrogen and oxygen atoms in total. The Bertz CT molecular complexity index is 1110. The summed E-state index contributed by atoms with van der Waals surface area (Å²) < 4.78 is 6.64. The fraction of sp³-hybridized carbons (Fsp3) is 0.536. The highest BCUT2D eigenvalue weighted by molar-refractivity contribution is 6.06. The third-order valence-corrected chi connectivity index (χ3v) is 8.00. The van der Waals surface area contributed by atoms with E-state index in [1.165, 1.54) is 0 Å². The van der Waals surface area contributed by atoms with Crippen molar-refractivity contribution in [2.24, 2.45) is 11.8 Å². The number of likely N-dealkylation sites (tertiary alicyclic amines) is 1. The van der Waals surface area contributed by atoms with Gasteiger partial charge in [-0.2, -0.15) is 0 Å². The second kappa shape index (κ2) is 9.48. The second-order valence-electron chi connectivity index (χ2n) is 10.3. The number of anilines is 1. The molecule has 0 saturated carbocycles. The normalized spacial score (nSPS) is 31.4. The number of carbonyl (C=O) groups is 3. The van der Waals surface area contributed by atoms with Gasteiger partial charge in [-0.3, -0.25) is 14.4 Å². The number of carbonyl (C=O) groups excluding carboxylic acids is 3. The topological polar surface area (TPSA) is 90.4 Å². The lowest BCUT2D eigenvalue weighted by Gasteiger charge is -2.36. The molecule has 1 aromatic rings. The van der Waals surface area contributed by atoms with Gasteiger partial charge in [0.25, 0.3) is 5.91 Å². The highest BCUT2D eigenvalue weighted by atomic mass is 16.5. The van der Waals surface area contributed by atoms with Crippen molar-refractivity contribution in [2.75, 3.05) is 37.7 Å². The summed E-state index contributed by atoms with van der Waals surface area (Å²) in [7, 11) is 0. The molecular weight excluding hydrogens is 458 g/mol. The monoisotopic (exact) mass is 493 g/mol. The van der Waals surface area contributed by atoms with Gasteiger partial charge in [0.15, 0.2) is 0 Å². The van der Waals surface area contributed by atoms with Crippen LogP contribution in [0.5, 0.6) is 0 Å². The van der Waals surface area contributed by atoms with Gasteiger partial charge in [-0.05, 0) is 37.8 Å². The van der Waals surface area contributed by atoms with E-state index < -0.39 is 29.6 Å². The molecule has 0 aliphatic carbocycles. The lowest BCUT2D eigenvalue weighted by molar-refractivity contribution is -0.144. The van der Waals surface area contributed by atoms with Crippen LogP contribution >= 0.6 is 0 Å². The van der Waals surface area contributed by atoms with Gasteiger partial charge in [0, 0.05) is 38.5 Å². The molecule has 1 unspecified atom stereocenters. The highest BCUT2D eigenvalue weighted by Gasteiger charge is 2.71. The van der Waals surface area contributed by atoms with Crippen LogP contribution in [0.15, 0.2) is 42.5 Å². The number of nitrogens with zero attached hydrogens (tertiary/aromatic N) is 3. The number of hydrogen-bond donors (Lipinski definition) is 1. The minimum absolute atomic E-state index is 0.0958. The zero-order valence-electron chi connectivity index (χ0n) is 21.2. The van der Waals surface area contributed by atoms with Crippen molar-refractivity contribution in [1.29, 1.82) is 0 Å². The van der Waals surface area contributed by atoms with Crippen LogP contribution in [-0.4, -0.2) is 83.2 Å². The summed E-state index contributed by atoms with van der Waals surface area (Å²) in [6, 6.07) is 5.00. The standard InChI is InChI=1S/C28H35N3O5/c1-4-13-29-14-6-11-20-21(25(29)33)22-26(34)31(16-8-17-32)24-27(35)30(15-7-12-28(22,24)36-20)23-18(2)9-5-10-19(23)3/h5-7,9-12,20-22,24,32H,4,8,13-17H2,1-3H3/t20-,21+,22+,24?,28+/m1/s1. The first-order valence-electron chi connectivity index (χ1n) is 13.0. The van der Waals surface area contributed by atoms with Crippen molar-refractivity contribution in [3.63, 3.8) is 0 Å². The highest BCUT2D eigenvalue weighted by Crippen LogP contribution is 2.53. The molecule has 192 valence electrons. The Balaban J connectivity index is 1.62. The molecule has 0 bridgehead atoms. The van der Waals surface area contributed by atoms with Crippen LogP contribution in [0, 0.1) is 25.7 Å². The molecule has 8 heteroatoms. The van der Waals surface area contributed by atoms with Crippen LogP contribution < -0.4 is 4.90 Å². The van der Waals surface area contributed by atoms with E-state index in [0.29, 0.717) is 26.1 Å². The Kier molecular flexibility index (Phi) is 6.51. The van der Waals surface area contributed by atoms with E-state index in [2.05, 4.69) is 0 Å². The lowest BCUT2D eigenvalue weighted by atomic mass is 9.77. The average Bonchev–Trinajstić information content (AvgIpc) is 3.16. The number of ether oxygens (including phenoxy) is 1. The minimum atomic E-state index is -1.24. The molecule has 2 fully saturated rings. The molecule has 0 radical (unpaired) electrons. The lowest BCUT2D eigenvalue weighted by Crippen LogP contribution is -2.55. The summed E-state index contributed by atoms with van der Waals surface area (Å²) in [5.41, 5.74) is 1.54. The molecule has 5 rings (SSSR count). The Morgan fingerprint density at radius 3 is 2.47 bits per heavy atom. The first-order valence-corrected chi connectivity index (χ1v) is 13.0. The van der Waals surface area contributed by atoms with Crippen molar-refractivity contribution in [1.82, 2.24) is 9.80 Å². The number of aliphatic hydroxyl groups is 1. The summed E-state index contributed by atoms with van der Waals surface area (Å²) in [6.45, 7) is 7.54. The van der Waals surface area contributed by atoms with Gasteiger partial charge < -0.3 is 24.5 Å². The molecule has 4 heterocycles. The van der Waals surface area contributed by atoms with E-state index in [0.717, 1.165) is 23.2 Å². The number of para-hydroxylation sites is 1. The molecule has 4 aliphatic heterocycles. The molecule has 1 spiro atoms. The fourth-order valence-corrected chi connectivity index (χ4v) is 6.57. The van der Waals surface area contributed by atoms with Crippen molar-refractivity contribution < 1.29 is 24.2 Å². The summed E-state index contributed by atoms with van der Waals surface area (Å²) in [5, 5.41) is 9.55. The van der Waals surface area contributed by atoms with Crippen LogP contribution in [0.25, 0.3) is 0 Å². The van der Waals surface area contributed by atoms with Crippen LogP contribution in [0.1, 0.15) is 30.9 Å². The summed E-state index contributed by atoms with van der Waals surface area (Å²) in [5.74, 6) is -2.04. The number of amides is 3. The Labute approximate surface area is 212 Å². The van der Waals surface area contributed by atoms with Gasteiger partial charge in [-0.1, -0.05) is 49.4 Å². The van der Waals surface area contributed by atoms with Crippen LogP contribution in [0.4, 0.5) is 5.69 Å².